The fourth-order valence-electron chi connectivity index (χ4n) is 2.39. The zero-order chi connectivity index (χ0) is 15.8. The molecular formula is C20H22N2. The highest BCUT2D eigenvalue weighted by atomic mass is 15.1. The molecule has 0 aliphatic carbocycles. The second kappa shape index (κ2) is 7.99. The second-order valence-corrected chi connectivity index (χ2v) is 5.13. The number of allylic oxidation sites excluding steroid dienone is 2. The molecule has 2 N–H and O–H groups in total. The normalized spacial score (nSPS) is 13.2. The summed E-state index contributed by atoms with van der Waals surface area (Å²) in [5, 5.41) is 3.90. The second-order valence-electron chi connectivity index (χ2n) is 5.13. The van der Waals surface area contributed by atoms with Gasteiger partial charge in [0, 0.05) is 11.5 Å². The van der Waals surface area contributed by atoms with Crippen molar-refractivity contribution in [2.24, 2.45) is 10.9 Å². The van der Waals surface area contributed by atoms with E-state index >= 15 is 0 Å². The van der Waals surface area contributed by atoms with Gasteiger partial charge in [0.1, 0.15) is 0 Å². The third-order valence-corrected chi connectivity index (χ3v) is 3.74. The predicted octanol–water partition coefficient (Wildman–Crippen LogP) is 4.74. The van der Waals surface area contributed by atoms with E-state index < -0.39 is 0 Å². The van der Waals surface area contributed by atoms with Gasteiger partial charge in [-0.05, 0) is 23.6 Å². The summed E-state index contributed by atoms with van der Waals surface area (Å²) in [7, 11) is 0. The van der Waals surface area contributed by atoms with E-state index in [9.17, 15) is 0 Å². The minimum atomic E-state index is 0.347. The van der Waals surface area contributed by atoms with Crippen LogP contribution in [0.1, 0.15) is 36.0 Å². The van der Waals surface area contributed by atoms with E-state index in [1.165, 1.54) is 5.56 Å². The topological polar surface area (TPSA) is 38.4 Å². The van der Waals surface area contributed by atoms with Crippen molar-refractivity contribution in [1.29, 1.82) is 0 Å². The van der Waals surface area contributed by atoms with Gasteiger partial charge in [0.2, 0.25) is 0 Å². The van der Waals surface area contributed by atoms with Crippen molar-refractivity contribution in [2.45, 2.75) is 19.3 Å². The Labute approximate surface area is 132 Å². The summed E-state index contributed by atoms with van der Waals surface area (Å²) in [6.07, 6.45) is 7.05. The average molecular weight is 290 g/mol. The molecule has 0 spiro atoms. The summed E-state index contributed by atoms with van der Waals surface area (Å²) < 4.78 is 0. The van der Waals surface area contributed by atoms with Gasteiger partial charge in [-0.15, -0.1) is 0 Å². The van der Waals surface area contributed by atoms with Crippen LogP contribution >= 0.6 is 0 Å². The Balaban J connectivity index is 2.19. The molecule has 0 saturated carbocycles. The summed E-state index contributed by atoms with van der Waals surface area (Å²) >= 11 is 0. The molecule has 0 bridgehead atoms. The molecule has 2 aromatic carbocycles. The van der Waals surface area contributed by atoms with Crippen molar-refractivity contribution in [1.82, 2.24) is 0 Å². The Morgan fingerprint density at radius 2 is 1.82 bits per heavy atom. The monoisotopic (exact) mass is 290 g/mol. The lowest BCUT2D eigenvalue weighted by Crippen LogP contribution is -2.02. The Morgan fingerprint density at radius 1 is 1.14 bits per heavy atom. The summed E-state index contributed by atoms with van der Waals surface area (Å²) in [5.41, 5.74) is 4.24. The van der Waals surface area contributed by atoms with Gasteiger partial charge in [-0.1, -0.05) is 80.3 Å². The Morgan fingerprint density at radius 3 is 2.36 bits per heavy atom. The third kappa shape index (κ3) is 3.95. The number of nitrogens with two attached hydrogens (primary N) is 1. The molecule has 0 aliphatic heterocycles. The van der Waals surface area contributed by atoms with Crippen molar-refractivity contribution in [3.63, 3.8) is 0 Å². The molecule has 0 aromatic heterocycles. The van der Waals surface area contributed by atoms with E-state index in [1.807, 2.05) is 42.5 Å². The largest absolute Gasteiger partial charge is 0.323 e. The van der Waals surface area contributed by atoms with Crippen LogP contribution in [0.2, 0.25) is 0 Å². The van der Waals surface area contributed by atoms with Crippen LogP contribution in [0, 0.1) is 0 Å². The van der Waals surface area contributed by atoms with Crippen LogP contribution in [-0.4, -0.2) is 5.71 Å². The molecule has 2 aromatic rings. The van der Waals surface area contributed by atoms with E-state index in [0.717, 1.165) is 23.3 Å². The van der Waals surface area contributed by atoms with Crippen molar-refractivity contribution < 1.29 is 0 Å². The first-order valence-corrected chi connectivity index (χ1v) is 7.52. The molecule has 1 unspecified atom stereocenters. The molecule has 2 heteroatoms. The highest BCUT2D eigenvalue weighted by molar-refractivity contribution is 6.08. The zero-order valence-corrected chi connectivity index (χ0v) is 12.9. The van der Waals surface area contributed by atoms with Crippen molar-refractivity contribution in [2.75, 3.05) is 0 Å². The zero-order valence-electron chi connectivity index (χ0n) is 12.9. The highest BCUT2D eigenvalue weighted by Crippen LogP contribution is 2.22. The molecule has 2 nitrogen and oxygen atoms in total. The smallest absolute Gasteiger partial charge is 0.0896 e. The van der Waals surface area contributed by atoms with E-state index in [1.54, 1.807) is 0 Å². The molecule has 0 heterocycles. The first kappa shape index (κ1) is 15.8. The standard InChI is InChI=1S/C20H22N2/c1-3-16-10-12-18(13-11-16)17(4-2)14-15-20(22-21)19-8-6-5-7-9-19/h3,5-15,17H,1,4,21H2,2H3/b15-14-,22-20+. The number of benzene rings is 2. The van der Waals surface area contributed by atoms with Crippen LogP contribution in [0.5, 0.6) is 0 Å². The van der Waals surface area contributed by atoms with Gasteiger partial charge < -0.3 is 5.84 Å². The molecule has 0 radical (unpaired) electrons. The lowest BCUT2D eigenvalue weighted by Gasteiger charge is -2.11. The van der Waals surface area contributed by atoms with E-state index in [-0.39, 0.29) is 0 Å². The van der Waals surface area contributed by atoms with Crippen molar-refractivity contribution >= 4 is 11.8 Å². The molecule has 0 aliphatic rings. The van der Waals surface area contributed by atoms with Gasteiger partial charge in [0.25, 0.3) is 0 Å². The first-order chi connectivity index (χ1) is 10.8. The van der Waals surface area contributed by atoms with Crippen LogP contribution in [0.15, 0.2) is 78.4 Å². The van der Waals surface area contributed by atoms with Gasteiger partial charge in [-0.2, -0.15) is 5.10 Å². The molecule has 2 rings (SSSR count). The van der Waals surface area contributed by atoms with Gasteiger partial charge in [0.05, 0.1) is 5.71 Å². The van der Waals surface area contributed by atoms with E-state index in [4.69, 9.17) is 5.84 Å². The van der Waals surface area contributed by atoms with Gasteiger partial charge in [-0.3, -0.25) is 0 Å². The Kier molecular flexibility index (Phi) is 5.73. The number of nitrogens with zero attached hydrogens (tertiary/aromatic N) is 1. The molecule has 0 fully saturated rings. The molecule has 112 valence electrons. The summed E-state index contributed by atoms with van der Waals surface area (Å²) in [4.78, 5) is 0. The number of hydrogen-bond donors (Lipinski definition) is 1. The molecule has 1 atom stereocenters. The summed E-state index contributed by atoms with van der Waals surface area (Å²) in [6, 6.07) is 18.5. The minimum Gasteiger partial charge on any atom is -0.323 e. The fourth-order valence-corrected chi connectivity index (χ4v) is 2.39. The SMILES string of the molecule is C=Cc1ccc(C(/C=C\C(=N/N)c2ccccc2)CC)cc1. The molecule has 0 saturated heterocycles. The van der Waals surface area contributed by atoms with Crippen LogP contribution in [0.4, 0.5) is 0 Å². The van der Waals surface area contributed by atoms with Gasteiger partial charge in [-0.25, -0.2) is 0 Å². The summed E-state index contributed by atoms with van der Waals surface area (Å²) in [5.74, 6) is 5.88. The van der Waals surface area contributed by atoms with Crippen molar-refractivity contribution in [3.8, 4) is 0 Å². The summed E-state index contributed by atoms with van der Waals surface area (Å²) in [6.45, 7) is 5.96. The van der Waals surface area contributed by atoms with E-state index in [0.29, 0.717) is 5.92 Å². The molecule has 22 heavy (non-hydrogen) atoms. The van der Waals surface area contributed by atoms with Gasteiger partial charge in [0.15, 0.2) is 0 Å². The first-order valence-electron chi connectivity index (χ1n) is 7.52. The Hall–Kier alpha value is -2.61. The molecular weight excluding hydrogens is 268 g/mol. The third-order valence-electron chi connectivity index (χ3n) is 3.74. The maximum Gasteiger partial charge on any atom is 0.0896 e. The van der Waals surface area contributed by atoms with Crippen LogP contribution in [0.3, 0.4) is 0 Å². The van der Waals surface area contributed by atoms with Crippen LogP contribution in [0.25, 0.3) is 6.08 Å². The maximum absolute atomic E-state index is 5.53. The van der Waals surface area contributed by atoms with Crippen LogP contribution in [-0.2, 0) is 0 Å². The minimum absolute atomic E-state index is 0.347. The lowest BCUT2D eigenvalue weighted by molar-refractivity contribution is 0.806. The Bertz CT molecular complexity index is 652. The van der Waals surface area contributed by atoms with E-state index in [2.05, 4.69) is 48.9 Å². The predicted molar refractivity (Wildman–Crippen MR) is 95.9 cm³/mol. The average Bonchev–Trinajstić information content (AvgIpc) is 2.60. The number of rotatable bonds is 6. The fraction of sp³-hybridized carbons (Fsp3) is 0.150. The number of hydrogen-bond acceptors (Lipinski definition) is 2. The quantitative estimate of drug-likeness (QED) is 0.465. The van der Waals surface area contributed by atoms with Gasteiger partial charge >= 0.3 is 0 Å². The number of hydrazone groups is 1. The molecule has 0 amide bonds. The highest BCUT2D eigenvalue weighted by Gasteiger charge is 2.06. The van der Waals surface area contributed by atoms with Crippen LogP contribution < -0.4 is 5.84 Å². The maximum atomic E-state index is 5.53. The van der Waals surface area contributed by atoms with Crippen molar-refractivity contribution in [3.05, 3.63) is 90.0 Å². The lowest BCUT2D eigenvalue weighted by atomic mass is 9.94.